The average molecular weight is 881 g/mol. The minimum Gasteiger partial charge on any atom is -0.462 e. The maximum atomic E-state index is 12.8. The summed E-state index contributed by atoms with van der Waals surface area (Å²) in [6, 6.07) is 0. The first-order chi connectivity index (χ1) is 31.6. The predicted molar refractivity (Wildman–Crippen MR) is 278 cm³/mol. The smallest absolute Gasteiger partial charge is 0.306 e. The van der Waals surface area contributed by atoms with Gasteiger partial charge in [0.25, 0.3) is 0 Å². The summed E-state index contributed by atoms with van der Waals surface area (Å²) in [5.74, 6) is -0.508. The lowest BCUT2D eigenvalue weighted by atomic mass is 10.1. The number of unbranched alkanes of at least 4 members (excludes halogenated alkanes) is 9. The van der Waals surface area contributed by atoms with Crippen LogP contribution < -0.4 is 0 Å². The van der Waals surface area contributed by atoms with E-state index in [-0.39, 0.29) is 25.2 Å². The molecule has 0 aliphatic rings. The Morgan fingerprint density at radius 1 is 0.359 bits per heavy atom. The van der Waals surface area contributed by atoms with Gasteiger partial charge in [-0.2, -0.15) is 0 Å². The molecular weight excluding hydrogens is 789 g/mol. The van der Waals surface area contributed by atoms with Crippen molar-refractivity contribution in [2.45, 2.75) is 194 Å². The van der Waals surface area contributed by atoms with Crippen molar-refractivity contribution in [3.8, 4) is 0 Å². The average Bonchev–Trinajstić information content (AvgIpc) is 3.30. The number of carbonyl (C=O) groups is 2. The molecule has 64 heavy (non-hydrogen) atoms. The SMILES string of the molecule is CC/C=C\C/C=C\C/C=C\C/C=C\C/C=C\C/C=C\CCCOCC(COC(=O)CCCC/C=C\C/C=C\C/C=C\C/C=C\CC)OC(=O)CCCCCCC/C=C\C/C=C\CCC. The van der Waals surface area contributed by atoms with E-state index < -0.39 is 6.10 Å². The Hall–Kier alpha value is -4.22. The lowest BCUT2D eigenvalue weighted by Crippen LogP contribution is -2.30. The highest BCUT2D eigenvalue weighted by atomic mass is 16.6. The van der Waals surface area contributed by atoms with Gasteiger partial charge in [0, 0.05) is 19.4 Å². The summed E-state index contributed by atoms with van der Waals surface area (Å²) in [7, 11) is 0. The first-order valence-electron chi connectivity index (χ1n) is 25.4. The summed E-state index contributed by atoms with van der Waals surface area (Å²) in [5.41, 5.74) is 0. The van der Waals surface area contributed by atoms with Crippen LogP contribution >= 0.6 is 0 Å². The van der Waals surface area contributed by atoms with Crippen LogP contribution in [-0.4, -0.2) is 37.9 Å². The zero-order valence-corrected chi connectivity index (χ0v) is 41.0. The van der Waals surface area contributed by atoms with E-state index in [0.29, 0.717) is 19.4 Å². The maximum absolute atomic E-state index is 12.8. The zero-order chi connectivity index (χ0) is 46.3. The Morgan fingerprint density at radius 2 is 0.703 bits per heavy atom. The van der Waals surface area contributed by atoms with Gasteiger partial charge >= 0.3 is 11.9 Å². The standard InChI is InChI=1S/C59H92O5/c1-4-7-10-13-16-19-22-25-27-28-29-30-31-33-36-39-42-45-48-51-54-62-55-57(64-59(61)53-50-47-44-41-38-34-24-21-18-15-12-9-6-3)56-63-58(60)52-49-46-43-40-37-35-32-26-23-20-17-14-11-8-5-2/h7-8,10-12,15-17,19-21,24-27,29-30,32-33,36-37,40,42,45,57H,4-6,9,13-14,18,22-23,28,31,34-35,38-39,41,43-44,46-56H2,1-3H3/b10-7-,11-8-,15-12-,19-16-,20-17-,24-21-,27-25-,30-29-,32-26-,36-33-,40-37-,45-42-. The molecule has 0 saturated heterocycles. The van der Waals surface area contributed by atoms with Gasteiger partial charge in [0.05, 0.1) is 6.61 Å². The van der Waals surface area contributed by atoms with Gasteiger partial charge in [-0.05, 0) is 128 Å². The second-order valence-electron chi connectivity index (χ2n) is 15.9. The van der Waals surface area contributed by atoms with Crippen molar-refractivity contribution in [2.24, 2.45) is 0 Å². The molecule has 0 spiro atoms. The normalized spacial score (nSPS) is 13.5. The van der Waals surface area contributed by atoms with Crippen molar-refractivity contribution in [2.75, 3.05) is 19.8 Å². The Kier molecular flexibility index (Phi) is 49.6. The number of hydrogen-bond acceptors (Lipinski definition) is 5. The Labute approximate surface area is 393 Å². The third-order valence-corrected chi connectivity index (χ3v) is 9.82. The molecule has 0 N–H and O–H groups in total. The molecule has 5 nitrogen and oxygen atoms in total. The quantitative estimate of drug-likeness (QED) is 0.0347. The van der Waals surface area contributed by atoms with Gasteiger partial charge in [0.15, 0.2) is 6.10 Å². The molecule has 5 heteroatoms. The number of carbonyl (C=O) groups excluding carboxylic acids is 2. The second kappa shape index (κ2) is 53.1. The second-order valence-corrected chi connectivity index (χ2v) is 15.9. The molecule has 0 aromatic rings. The first kappa shape index (κ1) is 59.8. The van der Waals surface area contributed by atoms with Crippen LogP contribution in [0.15, 0.2) is 146 Å². The fraction of sp³-hybridized carbons (Fsp3) is 0.559. The first-order valence-corrected chi connectivity index (χ1v) is 25.4. The largest absolute Gasteiger partial charge is 0.462 e. The number of hydrogen-bond donors (Lipinski definition) is 0. The molecule has 0 heterocycles. The summed E-state index contributed by atoms with van der Waals surface area (Å²) in [6.45, 7) is 7.30. The predicted octanol–water partition coefficient (Wildman–Crippen LogP) is 17.3. The molecule has 0 amide bonds. The van der Waals surface area contributed by atoms with Gasteiger partial charge in [-0.3, -0.25) is 9.59 Å². The third kappa shape index (κ3) is 50.4. The van der Waals surface area contributed by atoms with Crippen LogP contribution in [0.2, 0.25) is 0 Å². The van der Waals surface area contributed by atoms with Crippen LogP contribution in [0.4, 0.5) is 0 Å². The lowest BCUT2D eigenvalue weighted by Gasteiger charge is -2.18. The van der Waals surface area contributed by atoms with E-state index in [1.807, 2.05) is 0 Å². The van der Waals surface area contributed by atoms with Crippen molar-refractivity contribution in [3.63, 3.8) is 0 Å². The number of esters is 2. The number of allylic oxidation sites excluding steroid dienone is 24. The highest BCUT2D eigenvalue weighted by Crippen LogP contribution is 2.11. The molecule has 1 atom stereocenters. The van der Waals surface area contributed by atoms with Crippen LogP contribution in [0.5, 0.6) is 0 Å². The van der Waals surface area contributed by atoms with Crippen LogP contribution in [0.25, 0.3) is 0 Å². The number of rotatable bonds is 44. The minimum atomic E-state index is -0.602. The third-order valence-electron chi connectivity index (χ3n) is 9.82. The van der Waals surface area contributed by atoms with E-state index in [9.17, 15) is 9.59 Å². The molecule has 358 valence electrons. The van der Waals surface area contributed by atoms with E-state index in [4.69, 9.17) is 14.2 Å². The van der Waals surface area contributed by atoms with Gasteiger partial charge in [0.2, 0.25) is 0 Å². The zero-order valence-electron chi connectivity index (χ0n) is 41.0. The Balaban J connectivity index is 4.49. The molecule has 0 radical (unpaired) electrons. The monoisotopic (exact) mass is 881 g/mol. The van der Waals surface area contributed by atoms with E-state index in [1.165, 1.54) is 19.3 Å². The van der Waals surface area contributed by atoms with Crippen LogP contribution in [0.1, 0.15) is 188 Å². The van der Waals surface area contributed by atoms with Crippen LogP contribution in [0.3, 0.4) is 0 Å². The van der Waals surface area contributed by atoms with Crippen LogP contribution in [-0.2, 0) is 23.8 Å². The molecule has 0 aromatic heterocycles. The number of ether oxygens (including phenoxy) is 3. The van der Waals surface area contributed by atoms with E-state index in [2.05, 4.69) is 167 Å². The molecule has 0 aliphatic carbocycles. The van der Waals surface area contributed by atoms with Crippen molar-refractivity contribution >= 4 is 11.9 Å². The topological polar surface area (TPSA) is 61.8 Å². The highest BCUT2D eigenvalue weighted by molar-refractivity contribution is 5.70. The summed E-state index contributed by atoms with van der Waals surface area (Å²) >= 11 is 0. The molecule has 0 saturated carbocycles. The van der Waals surface area contributed by atoms with E-state index >= 15 is 0 Å². The van der Waals surface area contributed by atoms with Gasteiger partial charge in [-0.15, -0.1) is 0 Å². The lowest BCUT2D eigenvalue weighted by molar-refractivity contribution is -0.163. The molecule has 0 rings (SSSR count). The molecule has 0 aromatic carbocycles. The molecule has 0 aliphatic heterocycles. The molecular formula is C59H92O5. The van der Waals surface area contributed by atoms with E-state index in [1.54, 1.807) is 0 Å². The van der Waals surface area contributed by atoms with Crippen LogP contribution in [0, 0.1) is 0 Å². The summed E-state index contributed by atoms with van der Waals surface area (Å²) < 4.78 is 17.3. The Bertz CT molecular complexity index is 1410. The van der Waals surface area contributed by atoms with Gasteiger partial charge in [-0.1, -0.05) is 192 Å². The minimum absolute atomic E-state index is 0.0243. The van der Waals surface area contributed by atoms with Gasteiger partial charge < -0.3 is 14.2 Å². The molecule has 1 unspecified atom stereocenters. The Morgan fingerprint density at radius 3 is 1.16 bits per heavy atom. The fourth-order valence-electron chi connectivity index (χ4n) is 6.14. The van der Waals surface area contributed by atoms with E-state index in [0.717, 1.165) is 135 Å². The summed E-state index contributed by atoms with van der Waals surface area (Å²) in [4.78, 5) is 25.4. The summed E-state index contributed by atoms with van der Waals surface area (Å²) in [5, 5.41) is 0. The summed E-state index contributed by atoms with van der Waals surface area (Å²) in [6.07, 6.45) is 77.2. The van der Waals surface area contributed by atoms with Crippen molar-refractivity contribution in [1.29, 1.82) is 0 Å². The fourth-order valence-corrected chi connectivity index (χ4v) is 6.14. The van der Waals surface area contributed by atoms with Gasteiger partial charge in [0.1, 0.15) is 6.61 Å². The van der Waals surface area contributed by atoms with Crippen molar-refractivity contribution in [1.82, 2.24) is 0 Å². The van der Waals surface area contributed by atoms with Gasteiger partial charge in [-0.25, -0.2) is 0 Å². The molecule has 0 fully saturated rings. The highest BCUT2D eigenvalue weighted by Gasteiger charge is 2.17. The maximum Gasteiger partial charge on any atom is 0.306 e. The van der Waals surface area contributed by atoms with Crippen molar-refractivity contribution in [3.05, 3.63) is 146 Å². The molecule has 0 bridgehead atoms. The van der Waals surface area contributed by atoms with Crippen molar-refractivity contribution < 1.29 is 23.8 Å².